The van der Waals surface area contributed by atoms with Gasteiger partial charge in [0.05, 0.1) is 19.6 Å². The molecule has 1 aromatic carbocycles. The summed E-state index contributed by atoms with van der Waals surface area (Å²) < 4.78 is 21.7. The zero-order valence-corrected chi connectivity index (χ0v) is 20.6. The number of hydrogen-bond acceptors (Lipinski definition) is 10. The summed E-state index contributed by atoms with van der Waals surface area (Å²) in [6.45, 7) is 4.24. The van der Waals surface area contributed by atoms with Crippen LogP contribution in [0.25, 0.3) is 0 Å². The van der Waals surface area contributed by atoms with Crippen LogP contribution in [0.4, 0.5) is 11.5 Å². The number of aliphatic carboxylic acids is 1. The number of nitrogens with zero attached hydrogens (tertiary/aromatic N) is 4. The van der Waals surface area contributed by atoms with Gasteiger partial charge in [-0.25, -0.2) is 4.98 Å². The number of carboxylic acid groups (broad SMARTS) is 1. The molecule has 1 fully saturated rings. The average molecular weight is 510 g/mol. The molecule has 11 nitrogen and oxygen atoms in total. The highest BCUT2D eigenvalue weighted by molar-refractivity contribution is 5.68. The van der Waals surface area contributed by atoms with E-state index in [2.05, 4.69) is 31.4 Å². The number of unbranched alkanes of at least 4 members (excludes halogenated alkanes) is 1. The highest BCUT2D eigenvalue weighted by Crippen LogP contribution is 2.36. The second-order valence-corrected chi connectivity index (χ2v) is 9.10. The van der Waals surface area contributed by atoms with Gasteiger partial charge in [0.15, 0.2) is 17.3 Å². The van der Waals surface area contributed by atoms with Crippen LogP contribution in [0.2, 0.25) is 0 Å². The molecule has 0 aliphatic carbocycles. The van der Waals surface area contributed by atoms with E-state index in [1.54, 1.807) is 6.07 Å². The minimum Gasteiger partial charge on any atom is -0.481 e. The van der Waals surface area contributed by atoms with Gasteiger partial charge in [-0.1, -0.05) is 11.2 Å². The number of hydrogen-bond donors (Lipinski definition) is 2. The molecule has 1 atom stereocenters. The number of rotatable bonds is 12. The van der Waals surface area contributed by atoms with E-state index in [0.29, 0.717) is 36.1 Å². The highest BCUT2D eigenvalue weighted by Gasteiger charge is 2.23. The van der Waals surface area contributed by atoms with Gasteiger partial charge < -0.3 is 34.1 Å². The monoisotopic (exact) mass is 509 g/mol. The maximum Gasteiger partial charge on any atom is 0.303 e. The lowest BCUT2D eigenvalue weighted by Crippen LogP contribution is -2.36. The smallest absolute Gasteiger partial charge is 0.303 e. The molecule has 0 saturated carbocycles. The molecule has 2 aliphatic heterocycles. The first kappa shape index (κ1) is 24.8. The lowest BCUT2D eigenvalue weighted by atomic mass is 9.92. The van der Waals surface area contributed by atoms with Crippen molar-refractivity contribution in [3.8, 4) is 11.5 Å². The fourth-order valence-electron chi connectivity index (χ4n) is 4.53. The third kappa shape index (κ3) is 6.67. The number of aryl methyl sites for hydroxylation is 1. The van der Waals surface area contributed by atoms with Gasteiger partial charge in [-0.15, -0.1) is 0 Å². The van der Waals surface area contributed by atoms with Gasteiger partial charge in [0, 0.05) is 56.3 Å². The van der Waals surface area contributed by atoms with Crippen LogP contribution in [-0.4, -0.2) is 65.8 Å². The Labute approximate surface area is 214 Å². The van der Waals surface area contributed by atoms with E-state index in [0.717, 1.165) is 62.8 Å². The van der Waals surface area contributed by atoms with Crippen LogP contribution in [0.1, 0.15) is 42.5 Å². The molecule has 2 aromatic heterocycles. The molecule has 5 rings (SSSR count). The van der Waals surface area contributed by atoms with Gasteiger partial charge >= 0.3 is 5.97 Å². The maximum atomic E-state index is 11.5. The van der Waals surface area contributed by atoms with Crippen molar-refractivity contribution < 1.29 is 28.6 Å². The first-order chi connectivity index (χ1) is 18.1. The Hall–Kier alpha value is -3.86. The molecule has 11 heteroatoms. The van der Waals surface area contributed by atoms with Crippen molar-refractivity contribution in [2.24, 2.45) is 0 Å². The number of pyridine rings is 1. The van der Waals surface area contributed by atoms with Crippen molar-refractivity contribution in [3.05, 3.63) is 53.8 Å². The van der Waals surface area contributed by atoms with Crippen LogP contribution in [0.5, 0.6) is 11.5 Å². The van der Waals surface area contributed by atoms with Crippen molar-refractivity contribution in [1.82, 2.24) is 15.1 Å². The molecule has 2 aliphatic rings. The van der Waals surface area contributed by atoms with Gasteiger partial charge in [0.1, 0.15) is 5.82 Å². The summed E-state index contributed by atoms with van der Waals surface area (Å²) in [6.07, 6.45) is 4.60. The number of ether oxygens (including phenoxy) is 3. The average Bonchev–Trinajstić information content (AvgIpc) is 3.57. The summed E-state index contributed by atoms with van der Waals surface area (Å²) in [5.41, 5.74) is 1.99. The fraction of sp³-hybridized carbons (Fsp3) is 0.462. The highest BCUT2D eigenvalue weighted by atomic mass is 16.7. The number of anilines is 2. The standard InChI is InChI=1S/C26H31N5O6/c32-26(33)15-19(18-4-5-21-22(13-18)36-17-35-21)14-25-29-23(30-37-25)3-1-2-7-27-24-16-20(6-8-28-24)31-9-11-34-12-10-31/h4-6,8,13,16,19H,1-3,7,9-12,14-15,17H2,(H,27,28)(H,32,33)/t19-/m0/s1. The van der Waals surface area contributed by atoms with Gasteiger partial charge in [-0.3, -0.25) is 4.79 Å². The Morgan fingerprint density at radius 2 is 1.97 bits per heavy atom. The van der Waals surface area contributed by atoms with E-state index in [1.807, 2.05) is 24.4 Å². The summed E-state index contributed by atoms with van der Waals surface area (Å²) in [5.74, 6) is 2.00. The van der Waals surface area contributed by atoms with Gasteiger partial charge in [0.25, 0.3) is 0 Å². The van der Waals surface area contributed by atoms with Crippen molar-refractivity contribution >= 4 is 17.5 Å². The summed E-state index contributed by atoms with van der Waals surface area (Å²) in [7, 11) is 0. The largest absolute Gasteiger partial charge is 0.481 e. The van der Waals surface area contributed by atoms with Crippen molar-refractivity contribution in [2.45, 2.75) is 38.0 Å². The quantitative estimate of drug-likeness (QED) is 0.349. The van der Waals surface area contributed by atoms with E-state index >= 15 is 0 Å². The maximum absolute atomic E-state index is 11.5. The minimum atomic E-state index is -0.889. The molecule has 0 bridgehead atoms. The lowest BCUT2D eigenvalue weighted by molar-refractivity contribution is -0.137. The van der Waals surface area contributed by atoms with Gasteiger partial charge in [0.2, 0.25) is 12.7 Å². The Bertz CT molecular complexity index is 1200. The van der Waals surface area contributed by atoms with E-state index in [1.165, 1.54) is 0 Å². The molecule has 0 radical (unpaired) electrons. The second-order valence-electron chi connectivity index (χ2n) is 9.10. The predicted molar refractivity (Wildman–Crippen MR) is 134 cm³/mol. The van der Waals surface area contributed by atoms with Crippen molar-refractivity contribution in [3.63, 3.8) is 0 Å². The molecule has 2 N–H and O–H groups in total. The molecule has 4 heterocycles. The predicted octanol–water partition coefficient (Wildman–Crippen LogP) is 3.27. The Balaban J connectivity index is 1.09. The number of fused-ring (bicyclic) bond motifs is 1. The van der Waals surface area contributed by atoms with E-state index in [4.69, 9.17) is 18.7 Å². The number of benzene rings is 1. The van der Waals surface area contributed by atoms with E-state index in [9.17, 15) is 9.90 Å². The Morgan fingerprint density at radius 1 is 1.11 bits per heavy atom. The normalized spacial score (nSPS) is 15.5. The van der Waals surface area contributed by atoms with Crippen LogP contribution in [0.15, 0.2) is 41.1 Å². The summed E-state index contributed by atoms with van der Waals surface area (Å²) in [6, 6.07) is 9.58. The molecular formula is C26H31N5O6. The number of nitrogens with one attached hydrogen (secondary N) is 1. The number of morpholine rings is 1. The van der Waals surface area contributed by atoms with E-state index in [-0.39, 0.29) is 19.1 Å². The van der Waals surface area contributed by atoms with E-state index < -0.39 is 5.97 Å². The molecule has 37 heavy (non-hydrogen) atoms. The molecular weight excluding hydrogens is 478 g/mol. The first-order valence-corrected chi connectivity index (χ1v) is 12.6. The molecule has 0 spiro atoms. The lowest BCUT2D eigenvalue weighted by Gasteiger charge is -2.29. The third-order valence-corrected chi connectivity index (χ3v) is 6.47. The van der Waals surface area contributed by atoms with Crippen molar-refractivity contribution in [2.75, 3.05) is 49.9 Å². The van der Waals surface area contributed by atoms with Gasteiger partial charge in [-0.2, -0.15) is 4.98 Å². The number of carbonyl (C=O) groups is 1. The topological polar surface area (TPSA) is 132 Å². The van der Waals surface area contributed by atoms with Crippen LogP contribution in [-0.2, 0) is 22.4 Å². The summed E-state index contributed by atoms with van der Waals surface area (Å²) in [5, 5.41) is 16.9. The van der Waals surface area contributed by atoms with Crippen LogP contribution in [0, 0.1) is 0 Å². The molecule has 1 saturated heterocycles. The number of aromatic nitrogens is 3. The Kier molecular flexibility index (Phi) is 7.99. The first-order valence-electron chi connectivity index (χ1n) is 12.6. The second kappa shape index (κ2) is 11.9. The fourth-order valence-corrected chi connectivity index (χ4v) is 4.53. The summed E-state index contributed by atoms with van der Waals surface area (Å²) >= 11 is 0. The third-order valence-electron chi connectivity index (χ3n) is 6.47. The number of carboxylic acids is 1. The van der Waals surface area contributed by atoms with Crippen LogP contribution >= 0.6 is 0 Å². The zero-order chi connectivity index (χ0) is 25.5. The molecule has 0 amide bonds. The zero-order valence-electron chi connectivity index (χ0n) is 20.6. The molecule has 3 aromatic rings. The molecule has 0 unspecified atom stereocenters. The Morgan fingerprint density at radius 3 is 2.84 bits per heavy atom. The van der Waals surface area contributed by atoms with Gasteiger partial charge in [-0.05, 0) is 36.6 Å². The SMILES string of the molecule is O=C(O)C[C@H](Cc1nc(CCCCNc2cc(N3CCOCC3)ccn2)no1)c1ccc2c(c1)OCO2. The van der Waals surface area contributed by atoms with Crippen LogP contribution < -0.4 is 19.7 Å². The van der Waals surface area contributed by atoms with Crippen LogP contribution in [0.3, 0.4) is 0 Å². The molecule has 196 valence electrons. The minimum absolute atomic E-state index is 0.0518. The van der Waals surface area contributed by atoms with Crippen molar-refractivity contribution in [1.29, 1.82) is 0 Å². The summed E-state index contributed by atoms with van der Waals surface area (Å²) in [4.78, 5) is 22.7.